The van der Waals surface area contributed by atoms with Crippen LogP contribution in [0.15, 0.2) is 53.4 Å². The number of benzene rings is 2. The zero-order valence-corrected chi connectivity index (χ0v) is 16.9. The van der Waals surface area contributed by atoms with Gasteiger partial charge in [-0.05, 0) is 55.5 Å². The fraction of sp³-hybridized carbons (Fsp3) is 0.350. The number of carbonyl (C=O) groups excluding carboxylic acids is 1. The van der Waals surface area contributed by atoms with Gasteiger partial charge >= 0.3 is 0 Å². The second-order valence-electron chi connectivity index (χ2n) is 6.39. The molecule has 7 nitrogen and oxygen atoms in total. The molecule has 0 bridgehead atoms. The predicted molar refractivity (Wildman–Crippen MR) is 106 cm³/mol. The first-order chi connectivity index (χ1) is 13.9. The lowest BCUT2D eigenvalue weighted by atomic mass is 10.3. The molecule has 0 N–H and O–H groups in total. The van der Waals surface area contributed by atoms with Gasteiger partial charge in [0.15, 0.2) is 0 Å². The lowest BCUT2D eigenvalue weighted by molar-refractivity contribution is -0.133. The molecular weight excluding hydrogens is 399 g/mol. The second kappa shape index (κ2) is 9.23. The molecule has 0 unspecified atom stereocenters. The SMILES string of the molecule is CCOc1ccc(S(=O)(=O)N(CC(=O)N2CCOCC2)c2ccc(F)cc2)cc1. The van der Waals surface area contributed by atoms with Gasteiger partial charge in [-0.25, -0.2) is 12.8 Å². The third kappa shape index (κ3) is 5.04. The summed E-state index contributed by atoms with van der Waals surface area (Å²) in [6.45, 7) is 3.53. The molecule has 1 aliphatic heterocycles. The number of hydrogen-bond donors (Lipinski definition) is 0. The van der Waals surface area contributed by atoms with Crippen molar-refractivity contribution >= 4 is 21.6 Å². The molecule has 2 aromatic rings. The summed E-state index contributed by atoms with van der Waals surface area (Å²) < 4.78 is 51.6. The van der Waals surface area contributed by atoms with Gasteiger partial charge in [0.25, 0.3) is 10.0 Å². The smallest absolute Gasteiger partial charge is 0.264 e. The summed E-state index contributed by atoms with van der Waals surface area (Å²) in [4.78, 5) is 14.3. The maximum Gasteiger partial charge on any atom is 0.264 e. The average Bonchev–Trinajstić information content (AvgIpc) is 2.74. The molecule has 156 valence electrons. The van der Waals surface area contributed by atoms with Crippen molar-refractivity contribution < 1.29 is 27.1 Å². The van der Waals surface area contributed by atoms with Gasteiger partial charge in [0.1, 0.15) is 18.1 Å². The lowest BCUT2D eigenvalue weighted by Crippen LogP contribution is -2.47. The topological polar surface area (TPSA) is 76.2 Å². The molecule has 0 radical (unpaired) electrons. The Balaban J connectivity index is 1.92. The molecule has 29 heavy (non-hydrogen) atoms. The molecule has 0 aliphatic carbocycles. The zero-order valence-electron chi connectivity index (χ0n) is 16.1. The molecule has 0 spiro atoms. The Morgan fingerprint density at radius 1 is 1.10 bits per heavy atom. The molecule has 9 heteroatoms. The fourth-order valence-electron chi connectivity index (χ4n) is 2.96. The van der Waals surface area contributed by atoms with Crippen LogP contribution in [0.2, 0.25) is 0 Å². The third-order valence-corrected chi connectivity index (χ3v) is 6.27. The van der Waals surface area contributed by atoms with E-state index in [1.54, 1.807) is 17.0 Å². The highest BCUT2D eigenvalue weighted by Gasteiger charge is 2.29. The molecule has 1 heterocycles. The Labute approximate surface area is 169 Å². The van der Waals surface area contributed by atoms with Gasteiger partial charge in [0.2, 0.25) is 5.91 Å². The monoisotopic (exact) mass is 422 g/mol. The molecule has 1 saturated heterocycles. The molecule has 3 rings (SSSR count). The van der Waals surface area contributed by atoms with Gasteiger partial charge in [-0.2, -0.15) is 0 Å². The minimum absolute atomic E-state index is 0.0139. The highest BCUT2D eigenvalue weighted by Crippen LogP contribution is 2.25. The quantitative estimate of drug-likeness (QED) is 0.684. The van der Waals surface area contributed by atoms with Gasteiger partial charge in [0.05, 0.1) is 30.4 Å². The second-order valence-corrected chi connectivity index (χ2v) is 8.25. The first-order valence-corrected chi connectivity index (χ1v) is 10.7. The number of carbonyl (C=O) groups is 1. The molecule has 0 atom stereocenters. The Bertz CT molecular complexity index is 926. The fourth-order valence-corrected chi connectivity index (χ4v) is 4.37. The first kappa shape index (κ1) is 21.1. The molecule has 1 amide bonds. The van der Waals surface area contributed by atoms with E-state index < -0.39 is 15.8 Å². The highest BCUT2D eigenvalue weighted by atomic mass is 32.2. The van der Waals surface area contributed by atoms with E-state index in [4.69, 9.17) is 9.47 Å². The average molecular weight is 422 g/mol. The Morgan fingerprint density at radius 2 is 1.72 bits per heavy atom. The normalized spacial score (nSPS) is 14.5. The molecule has 1 aliphatic rings. The van der Waals surface area contributed by atoms with Crippen molar-refractivity contribution in [2.24, 2.45) is 0 Å². The van der Waals surface area contributed by atoms with E-state index in [9.17, 15) is 17.6 Å². The van der Waals surface area contributed by atoms with Crippen LogP contribution in [0.4, 0.5) is 10.1 Å². The van der Waals surface area contributed by atoms with Crippen LogP contribution in [0.25, 0.3) is 0 Å². The van der Waals surface area contributed by atoms with Crippen LogP contribution >= 0.6 is 0 Å². The molecule has 0 aromatic heterocycles. The van der Waals surface area contributed by atoms with Crippen LogP contribution in [0.5, 0.6) is 5.75 Å². The van der Waals surface area contributed by atoms with E-state index in [0.717, 1.165) is 16.4 Å². The van der Waals surface area contributed by atoms with Gasteiger partial charge in [-0.15, -0.1) is 0 Å². The number of anilines is 1. The highest BCUT2D eigenvalue weighted by molar-refractivity contribution is 7.92. The number of nitrogens with zero attached hydrogens (tertiary/aromatic N) is 2. The Hall–Kier alpha value is -2.65. The summed E-state index contributed by atoms with van der Waals surface area (Å²) in [6.07, 6.45) is 0. The molecule has 1 fully saturated rings. The number of ether oxygens (including phenoxy) is 2. The lowest BCUT2D eigenvalue weighted by Gasteiger charge is -2.30. The van der Waals surface area contributed by atoms with Crippen molar-refractivity contribution in [3.63, 3.8) is 0 Å². The third-order valence-electron chi connectivity index (χ3n) is 4.48. The van der Waals surface area contributed by atoms with Crippen molar-refractivity contribution in [2.45, 2.75) is 11.8 Å². The number of hydrogen-bond acceptors (Lipinski definition) is 5. The van der Waals surface area contributed by atoms with Crippen LogP contribution in [-0.4, -0.2) is 58.7 Å². The summed E-state index contributed by atoms with van der Waals surface area (Å²) in [5.41, 5.74) is 0.210. The number of halogens is 1. The maximum atomic E-state index is 13.4. The minimum Gasteiger partial charge on any atom is -0.494 e. The van der Waals surface area contributed by atoms with Crippen molar-refractivity contribution in [3.8, 4) is 5.75 Å². The summed E-state index contributed by atoms with van der Waals surface area (Å²) in [7, 11) is -4.06. The van der Waals surface area contributed by atoms with Crippen LogP contribution in [0, 0.1) is 5.82 Å². The van der Waals surface area contributed by atoms with Gasteiger partial charge < -0.3 is 14.4 Å². The molecule has 2 aromatic carbocycles. The minimum atomic E-state index is -4.06. The number of sulfonamides is 1. The summed E-state index contributed by atoms with van der Waals surface area (Å²) in [5.74, 6) is -0.289. The van der Waals surface area contributed by atoms with Gasteiger partial charge in [-0.3, -0.25) is 9.10 Å². The standard InChI is InChI=1S/C20H23FN2O5S/c1-2-28-18-7-9-19(10-8-18)29(25,26)23(17-5-3-16(21)4-6-17)15-20(24)22-11-13-27-14-12-22/h3-10H,2,11-15H2,1H3. The van der Waals surface area contributed by atoms with Crippen molar-refractivity contribution in [1.82, 2.24) is 4.90 Å². The molecule has 0 saturated carbocycles. The number of rotatable bonds is 7. The van der Waals surface area contributed by atoms with Crippen LogP contribution < -0.4 is 9.04 Å². The first-order valence-electron chi connectivity index (χ1n) is 9.28. The van der Waals surface area contributed by atoms with E-state index in [1.165, 1.54) is 24.3 Å². The van der Waals surface area contributed by atoms with E-state index in [0.29, 0.717) is 38.7 Å². The van der Waals surface area contributed by atoms with E-state index in [1.807, 2.05) is 6.92 Å². The van der Waals surface area contributed by atoms with Crippen LogP contribution in [-0.2, 0) is 19.6 Å². The van der Waals surface area contributed by atoms with Crippen molar-refractivity contribution in [2.75, 3.05) is 43.8 Å². The Kier molecular flexibility index (Phi) is 6.71. The van der Waals surface area contributed by atoms with Gasteiger partial charge in [0, 0.05) is 13.1 Å². The number of morpholine rings is 1. The largest absolute Gasteiger partial charge is 0.494 e. The maximum absolute atomic E-state index is 13.4. The van der Waals surface area contributed by atoms with E-state index in [2.05, 4.69) is 0 Å². The van der Waals surface area contributed by atoms with Crippen LogP contribution in [0.1, 0.15) is 6.92 Å². The summed E-state index contributed by atoms with van der Waals surface area (Å²) in [5, 5.41) is 0. The van der Waals surface area contributed by atoms with Crippen LogP contribution in [0.3, 0.4) is 0 Å². The van der Waals surface area contributed by atoms with Gasteiger partial charge in [-0.1, -0.05) is 0 Å². The predicted octanol–water partition coefficient (Wildman–Crippen LogP) is 2.28. The van der Waals surface area contributed by atoms with E-state index in [-0.39, 0.29) is 23.0 Å². The van der Waals surface area contributed by atoms with Crippen molar-refractivity contribution in [3.05, 3.63) is 54.3 Å². The summed E-state index contributed by atoms with van der Waals surface area (Å²) in [6, 6.07) is 11.0. The van der Waals surface area contributed by atoms with E-state index >= 15 is 0 Å². The Morgan fingerprint density at radius 3 is 2.31 bits per heavy atom. The summed E-state index contributed by atoms with van der Waals surface area (Å²) >= 11 is 0. The van der Waals surface area contributed by atoms with Crippen molar-refractivity contribution in [1.29, 1.82) is 0 Å². The zero-order chi connectivity index (χ0) is 20.9. The number of amides is 1. The molecular formula is C20H23FN2O5S.